The number of ether oxygens (including phenoxy) is 4. The normalized spacial score (nSPS) is 12.0. The number of unbranched alkanes of at least 4 members (excludes halogenated alkanes) is 60. The summed E-state index contributed by atoms with van der Waals surface area (Å²) in [5.74, 6) is -5.26. The van der Waals surface area contributed by atoms with E-state index in [1.165, 1.54) is 308 Å². The molecule has 0 aromatic heterocycles. The minimum absolute atomic E-state index is 0.0221. The lowest BCUT2D eigenvalue weighted by atomic mass is 9.73. The smallest absolute Gasteiger partial charge is 0.336 e. The molecule has 8 heteroatoms. The third kappa shape index (κ3) is 53.4. The minimum Gasteiger partial charge on any atom is -0.465 e. The molecule has 0 aliphatic carbocycles. The fourth-order valence-electron chi connectivity index (χ4n) is 13.0. The number of esters is 4. The van der Waals surface area contributed by atoms with Gasteiger partial charge >= 0.3 is 23.9 Å². The maximum absolute atomic E-state index is 14.8. The lowest BCUT2D eigenvalue weighted by Crippen LogP contribution is -2.57. The van der Waals surface area contributed by atoms with Gasteiger partial charge in [0.05, 0.1) is 32.3 Å². The van der Waals surface area contributed by atoms with Gasteiger partial charge in [-0.1, -0.05) is 420 Å². The number of hydrogen-bond donors (Lipinski definition) is 0. The van der Waals surface area contributed by atoms with Crippen molar-refractivity contribution in [3.63, 3.8) is 0 Å². The quantitative estimate of drug-likeness (QED) is 0.0257. The van der Waals surface area contributed by atoms with Crippen molar-refractivity contribution in [2.75, 3.05) is 26.4 Å². The highest BCUT2D eigenvalue weighted by Gasteiger charge is 2.65. The zero-order valence-electron chi connectivity index (χ0n) is 60.1. The van der Waals surface area contributed by atoms with Gasteiger partial charge in [-0.25, -0.2) is 0 Å². The van der Waals surface area contributed by atoms with Crippen molar-refractivity contribution >= 4 is 23.9 Å². The summed E-state index contributed by atoms with van der Waals surface area (Å²) in [4.78, 5) is 58.7. The Morgan fingerprint density at radius 2 is 0.341 bits per heavy atom. The summed E-state index contributed by atoms with van der Waals surface area (Å²) < 4.78 is 23.8. The largest absolute Gasteiger partial charge is 0.465 e. The third-order valence-electron chi connectivity index (χ3n) is 19.1. The van der Waals surface area contributed by atoms with E-state index in [0.29, 0.717) is 25.7 Å². The van der Waals surface area contributed by atoms with Crippen LogP contribution in [0.4, 0.5) is 0 Å². The molecule has 8 nitrogen and oxygen atoms in total. The summed E-state index contributed by atoms with van der Waals surface area (Å²) in [6, 6.07) is 0. The van der Waals surface area contributed by atoms with E-state index in [9.17, 15) is 19.2 Å². The van der Waals surface area contributed by atoms with Crippen molar-refractivity contribution in [3.05, 3.63) is 0 Å². The van der Waals surface area contributed by atoms with E-state index in [0.717, 1.165) is 77.0 Å². The zero-order valence-corrected chi connectivity index (χ0v) is 60.1. The molecule has 522 valence electrons. The van der Waals surface area contributed by atoms with E-state index in [2.05, 4.69) is 27.7 Å². The Labute approximate surface area is 549 Å². The molecule has 0 spiro atoms. The van der Waals surface area contributed by atoms with Crippen molar-refractivity contribution < 1.29 is 38.1 Å². The van der Waals surface area contributed by atoms with Crippen molar-refractivity contribution in [3.8, 4) is 0 Å². The van der Waals surface area contributed by atoms with Gasteiger partial charge in [0, 0.05) is 0 Å². The molecule has 88 heavy (non-hydrogen) atoms. The van der Waals surface area contributed by atoms with Crippen LogP contribution in [0.3, 0.4) is 0 Å². The highest BCUT2D eigenvalue weighted by atomic mass is 16.6. The van der Waals surface area contributed by atoms with Gasteiger partial charge in [0.15, 0.2) is 0 Å². The maximum atomic E-state index is 14.8. The first-order valence-electron chi connectivity index (χ1n) is 40.1. The molecular weight excluding hydrogens is 1090 g/mol. The Bertz CT molecular complexity index is 1330. The molecule has 0 radical (unpaired) electrons. The van der Waals surface area contributed by atoms with Crippen LogP contribution in [0.25, 0.3) is 0 Å². The third-order valence-corrected chi connectivity index (χ3v) is 19.1. The van der Waals surface area contributed by atoms with Gasteiger partial charge in [-0.3, -0.25) is 19.2 Å². The number of carbonyl (C=O) groups excluding carboxylic acids is 4. The zero-order chi connectivity index (χ0) is 64.0. The first kappa shape index (κ1) is 85.9. The van der Waals surface area contributed by atoms with E-state index in [-0.39, 0.29) is 32.8 Å². The lowest BCUT2D eigenvalue weighted by molar-refractivity contribution is -0.195. The second kappa shape index (κ2) is 70.7. The summed E-state index contributed by atoms with van der Waals surface area (Å²) in [5.41, 5.74) is -2.60. The predicted molar refractivity (Wildman–Crippen MR) is 378 cm³/mol. The maximum Gasteiger partial charge on any atom is 0.336 e. The lowest BCUT2D eigenvalue weighted by Gasteiger charge is -2.32. The van der Waals surface area contributed by atoms with Crippen molar-refractivity contribution in [2.45, 2.75) is 452 Å². The molecule has 0 heterocycles. The number of hydrogen-bond acceptors (Lipinski definition) is 8. The minimum atomic E-state index is -2.60. The average molecular weight is 1240 g/mol. The summed E-state index contributed by atoms with van der Waals surface area (Å²) in [6.07, 6.45) is 78.9. The number of carbonyl (C=O) groups is 4. The van der Waals surface area contributed by atoms with Gasteiger partial charge in [-0.05, 0) is 32.1 Å². The average Bonchev–Trinajstić information content (AvgIpc) is 2.46. The van der Waals surface area contributed by atoms with Crippen LogP contribution in [-0.4, -0.2) is 50.3 Å². The number of rotatable bonds is 74. The fraction of sp³-hybridized carbons (Fsp3) is 0.950. The van der Waals surface area contributed by atoms with E-state index >= 15 is 0 Å². The Morgan fingerprint density at radius 3 is 0.489 bits per heavy atom. The second-order valence-corrected chi connectivity index (χ2v) is 27.6. The van der Waals surface area contributed by atoms with E-state index < -0.39 is 35.2 Å². The van der Waals surface area contributed by atoms with Crippen LogP contribution < -0.4 is 0 Å². The molecule has 1 atom stereocenters. The highest BCUT2D eigenvalue weighted by Crippen LogP contribution is 2.38. The molecule has 0 aromatic rings. The van der Waals surface area contributed by atoms with E-state index in [1.807, 2.05) is 0 Å². The predicted octanol–water partition coefficient (Wildman–Crippen LogP) is 26.2. The van der Waals surface area contributed by atoms with Crippen molar-refractivity contribution in [1.29, 1.82) is 0 Å². The molecule has 0 saturated carbocycles. The summed E-state index contributed by atoms with van der Waals surface area (Å²) >= 11 is 0. The molecular formula is C80H154O8. The van der Waals surface area contributed by atoms with Crippen LogP contribution in [0, 0.1) is 11.3 Å². The van der Waals surface area contributed by atoms with E-state index in [1.54, 1.807) is 6.92 Å². The SMILES string of the molecule is CCCCCCCCCCCCCCCCCCOC(=O)C(CC)C(C(=O)OCCCCCCCCCCCCCCCCCC)(C(=O)OCCCCCCCCCCCCCCCCCC)C(=O)OCCCCCCCCCCCCCCCCCC. The van der Waals surface area contributed by atoms with Gasteiger partial charge in [-0.2, -0.15) is 0 Å². The summed E-state index contributed by atoms with van der Waals surface area (Å²) in [7, 11) is 0. The molecule has 0 aliphatic rings. The van der Waals surface area contributed by atoms with Gasteiger partial charge < -0.3 is 18.9 Å². The van der Waals surface area contributed by atoms with Crippen LogP contribution in [0.2, 0.25) is 0 Å². The van der Waals surface area contributed by atoms with Crippen LogP contribution in [0.1, 0.15) is 452 Å². The van der Waals surface area contributed by atoms with Crippen molar-refractivity contribution in [2.24, 2.45) is 11.3 Å². The van der Waals surface area contributed by atoms with Crippen LogP contribution in [0.15, 0.2) is 0 Å². The molecule has 0 fully saturated rings. The van der Waals surface area contributed by atoms with E-state index in [4.69, 9.17) is 18.9 Å². The van der Waals surface area contributed by atoms with Gasteiger partial charge in [0.2, 0.25) is 0 Å². The van der Waals surface area contributed by atoms with Crippen LogP contribution >= 0.6 is 0 Å². The van der Waals surface area contributed by atoms with Crippen LogP contribution in [0.5, 0.6) is 0 Å². The Hall–Kier alpha value is -2.12. The first-order valence-corrected chi connectivity index (χ1v) is 40.1. The Balaban J connectivity index is 5.67. The molecule has 0 saturated heterocycles. The highest BCUT2D eigenvalue weighted by molar-refractivity contribution is 6.20. The second-order valence-electron chi connectivity index (χ2n) is 27.6. The summed E-state index contributed by atoms with van der Waals surface area (Å²) in [5, 5.41) is 0. The first-order chi connectivity index (χ1) is 43.4. The van der Waals surface area contributed by atoms with Crippen LogP contribution in [-0.2, 0) is 38.1 Å². The van der Waals surface area contributed by atoms with Gasteiger partial charge in [0.25, 0.3) is 5.41 Å². The monoisotopic (exact) mass is 1240 g/mol. The molecule has 0 bridgehead atoms. The fourth-order valence-corrected chi connectivity index (χ4v) is 13.0. The molecule has 0 aromatic carbocycles. The standard InChI is InChI=1S/C80H154O8/c1-6-11-15-19-23-27-31-35-39-43-47-51-55-59-63-67-71-85-76(81)75(10-5)80(77(82)86-72-68-64-60-56-52-48-44-40-36-32-28-24-20-16-12-7-2,78(83)87-73-69-65-61-57-53-49-45-41-37-33-29-25-21-17-13-8-3)79(84)88-74-70-66-62-58-54-50-46-42-38-34-30-26-22-18-14-9-4/h75H,6-74H2,1-5H3. The molecule has 0 rings (SSSR count). The Morgan fingerprint density at radius 1 is 0.205 bits per heavy atom. The van der Waals surface area contributed by atoms with Gasteiger partial charge in [0.1, 0.15) is 0 Å². The summed E-state index contributed by atoms with van der Waals surface area (Å²) in [6.45, 7) is 11.2. The molecule has 1 unspecified atom stereocenters. The van der Waals surface area contributed by atoms with Gasteiger partial charge in [-0.15, -0.1) is 0 Å². The topological polar surface area (TPSA) is 105 Å². The molecule has 0 aliphatic heterocycles. The van der Waals surface area contributed by atoms with Crippen molar-refractivity contribution in [1.82, 2.24) is 0 Å². The molecule has 0 N–H and O–H groups in total. The molecule has 0 amide bonds. The Kier molecular flexibility index (Phi) is 69.0.